The number of hydrogen-bond donors (Lipinski definition) is 1. The summed E-state index contributed by atoms with van der Waals surface area (Å²) < 4.78 is 0. The second-order valence-corrected chi connectivity index (χ2v) is 5.29. The van der Waals surface area contributed by atoms with Gasteiger partial charge in [-0.3, -0.25) is 20.2 Å². The molecular weight excluding hydrogens is 322 g/mol. The smallest absolute Gasteiger partial charge is 0.348 e. The van der Waals surface area contributed by atoms with E-state index >= 15 is 0 Å². The Labute approximate surface area is 142 Å². The van der Waals surface area contributed by atoms with Gasteiger partial charge in [-0.15, -0.1) is 0 Å². The van der Waals surface area contributed by atoms with Gasteiger partial charge in [0.25, 0.3) is 0 Å². The van der Waals surface area contributed by atoms with Crippen molar-refractivity contribution < 1.29 is 9.85 Å². The third kappa shape index (κ3) is 3.61. The Morgan fingerprint density at radius 3 is 1.80 bits per heavy atom. The Hall–Kier alpha value is -3.74. The van der Waals surface area contributed by atoms with E-state index in [1.54, 1.807) is 0 Å². The van der Waals surface area contributed by atoms with Gasteiger partial charge in [0.1, 0.15) is 0 Å². The van der Waals surface area contributed by atoms with Gasteiger partial charge in [0.05, 0.1) is 9.85 Å². The third-order valence-electron chi connectivity index (χ3n) is 3.65. The van der Waals surface area contributed by atoms with E-state index in [0.717, 1.165) is 28.9 Å². The molecular formula is C18H13N3O4. The Morgan fingerprint density at radius 2 is 1.20 bits per heavy atom. The minimum Gasteiger partial charge on any atom is -0.355 e. The molecule has 0 heterocycles. The molecule has 0 amide bonds. The van der Waals surface area contributed by atoms with E-state index < -0.39 is 21.2 Å². The van der Waals surface area contributed by atoms with Crippen molar-refractivity contribution >= 4 is 22.7 Å². The Kier molecular flexibility index (Phi) is 4.38. The maximum Gasteiger partial charge on any atom is 0.348 e. The molecule has 0 aliphatic rings. The predicted octanol–water partition coefficient (Wildman–Crippen LogP) is 4.91. The van der Waals surface area contributed by atoms with Crippen LogP contribution in [0.2, 0.25) is 0 Å². The number of nitrogens with one attached hydrogen (secondary N) is 1. The minimum absolute atomic E-state index is 0.407. The van der Waals surface area contributed by atoms with E-state index in [9.17, 15) is 20.2 Å². The Balaban J connectivity index is 1.84. The molecule has 0 atom stereocenters. The van der Waals surface area contributed by atoms with E-state index in [-0.39, 0.29) is 0 Å². The SMILES string of the molecule is O=[N+]([O-])c1ccc(Nc2ccc(-c3ccccc3)cc2)cc1[N+](=O)[O-]. The summed E-state index contributed by atoms with van der Waals surface area (Å²) in [6.07, 6.45) is 0. The molecule has 0 bridgehead atoms. The normalized spacial score (nSPS) is 10.2. The van der Waals surface area contributed by atoms with Crippen LogP contribution in [-0.2, 0) is 0 Å². The molecule has 3 aromatic rings. The van der Waals surface area contributed by atoms with Crippen molar-refractivity contribution in [1.82, 2.24) is 0 Å². The van der Waals surface area contributed by atoms with Gasteiger partial charge in [-0.2, -0.15) is 0 Å². The van der Waals surface area contributed by atoms with Crippen LogP contribution in [0.3, 0.4) is 0 Å². The van der Waals surface area contributed by atoms with E-state index in [1.807, 2.05) is 54.6 Å². The topological polar surface area (TPSA) is 98.3 Å². The van der Waals surface area contributed by atoms with Crippen molar-refractivity contribution in [1.29, 1.82) is 0 Å². The van der Waals surface area contributed by atoms with Gasteiger partial charge >= 0.3 is 11.4 Å². The summed E-state index contributed by atoms with van der Waals surface area (Å²) in [5.41, 5.74) is 2.18. The average Bonchev–Trinajstić information content (AvgIpc) is 2.63. The van der Waals surface area contributed by atoms with Gasteiger partial charge in [-0.05, 0) is 29.3 Å². The van der Waals surface area contributed by atoms with E-state index in [0.29, 0.717) is 5.69 Å². The first-order chi connectivity index (χ1) is 12.0. The lowest BCUT2D eigenvalue weighted by molar-refractivity contribution is -0.422. The van der Waals surface area contributed by atoms with E-state index in [4.69, 9.17) is 0 Å². The summed E-state index contributed by atoms with van der Waals surface area (Å²) in [4.78, 5) is 20.3. The van der Waals surface area contributed by atoms with Gasteiger partial charge in [0.15, 0.2) is 0 Å². The number of anilines is 2. The fourth-order valence-corrected chi connectivity index (χ4v) is 2.45. The summed E-state index contributed by atoms with van der Waals surface area (Å²) in [6.45, 7) is 0. The van der Waals surface area contributed by atoms with Crippen LogP contribution >= 0.6 is 0 Å². The molecule has 0 radical (unpaired) electrons. The lowest BCUT2D eigenvalue weighted by Crippen LogP contribution is -1.98. The zero-order valence-corrected chi connectivity index (χ0v) is 13.0. The lowest BCUT2D eigenvalue weighted by atomic mass is 10.1. The fourth-order valence-electron chi connectivity index (χ4n) is 2.45. The molecule has 0 aromatic heterocycles. The van der Waals surface area contributed by atoms with Crippen molar-refractivity contribution in [2.45, 2.75) is 0 Å². The van der Waals surface area contributed by atoms with Crippen LogP contribution < -0.4 is 5.32 Å². The molecule has 7 nitrogen and oxygen atoms in total. The van der Waals surface area contributed by atoms with Crippen molar-refractivity contribution in [3.05, 3.63) is 93.0 Å². The van der Waals surface area contributed by atoms with E-state index in [2.05, 4.69) is 5.32 Å². The van der Waals surface area contributed by atoms with Crippen LogP contribution in [-0.4, -0.2) is 9.85 Å². The molecule has 3 rings (SSSR count). The monoisotopic (exact) mass is 335 g/mol. The van der Waals surface area contributed by atoms with Gasteiger partial charge < -0.3 is 5.32 Å². The Bertz CT molecular complexity index is 925. The fraction of sp³-hybridized carbons (Fsp3) is 0. The first kappa shape index (κ1) is 16.1. The minimum atomic E-state index is -0.767. The predicted molar refractivity (Wildman–Crippen MR) is 94.9 cm³/mol. The molecule has 7 heteroatoms. The van der Waals surface area contributed by atoms with Crippen LogP contribution in [0.4, 0.5) is 22.7 Å². The quantitative estimate of drug-likeness (QED) is 0.527. The summed E-state index contributed by atoms with van der Waals surface area (Å²) in [6, 6.07) is 21.1. The molecule has 1 N–H and O–H groups in total. The van der Waals surface area contributed by atoms with Crippen LogP contribution in [0.25, 0.3) is 11.1 Å². The highest BCUT2D eigenvalue weighted by molar-refractivity contribution is 5.70. The van der Waals surface area contributed by atoms with Crippen LogP contribution in [0.5, 0.6) is 0 Å². The van der Waals surface area contributed by atoms with Gasteiger partial charge in [-0.25, -0.2) is 0 Å². The van der Waals surface area contributed by atoms with Crippen molar-refractivity contribution in [3.63, 3.8) is 0 Å². The molecule has 0 fully saturated rings. The number of benzene rings is 3. The van der Waals surface area contributed by atoms with Gasteiger partial charge in [0, 0.05) is 23.5 Å². The van der Waals surface area contributed by atoms with E-state index in [1.165, 1.54) is 6.07 Å². The highest BCUT2D eigenvalue weighted by atomic mass is 16.6. The molecule has 0 unspecified atom stereocenters. The standard InChI is InChI=1S/C18H13N3O4/c22-20(23)17-11-10-16(12-18(17)21(24)25)19-15-8-6-14(7-9-15)13-4-2-1-3-5-13/h1-12,19H. The van der Waals surface area contributed by atoms with Crippen LogP contribution in [0.15, 0.2) is 72.8 Å². The first-order valence-corrected chi connectivity index (χ1v) is 7.40. The number of rotatable bonds is 5. The summed E-state index contributed by atoms with van der Waals surface area (Å²) in [5.74, 6) is 0. The summed E-state index contributed by atoms with van der Waals surface area (Å²) >= 11 is 0. The van der Waals surface area contributed by atoms with Crippen molar-refractivity contribution in [2.75, 3.05) is 5.32 Å². The molecule has 124 valence electrons. The second kappa shape index (κ2) is 6.79. The molecule has 0 spiro atoms. The third-order valence-corrected chi connectivity index (χ3v) is 3.65. The Morgan fingerprint density at radius 1 is 0.640 bits per heavy atom. The maximum absolute atomic E-state index is 11.0. The number of nitrogens with zero attached hydrogens (tertiary/aromatic N) is 2. The molecule has 25 heavy (non-hydrogen) atoms. The number of nitro benzene ring substituents is 2. The highest BCUT2D eigenvalue weighted by Crippen LogP contribution is 2.31. The van der Waals surface area contributed by atoms with Crippen molar-refractivity contribution in [3.8, 4) is 11.1 Å². The second-order valence-electron chi connectivity index (χ2n) is 5.29. The summed E-state index contributed by atoms with van der Waals surface area (Å²) in [7, 11) is 0. The largest absolute Gasteiger partial charge is 0.355 e. The van der Waals surface area contributed by atoms with Gasteiger partial charge in [0.2, 0.25) is 0 Å². The highest BCUT2D eigenvalue weighted by Gasteiger charge is 2.24. The summed E-state index contributed by atoms with van der Waals surface area (Å²) in [5, 5.41) is 24.9. The number of nitro groups is 2. The van der Waals surface area contributed by atoms with Crippen molar-refractivity contribution in [2.24, 2.45) is 0 Å². The first-order valence-electron chi connectivity index (χ1n) is 7.40. The van der Waals surface area contributed by atoms with Crippen LogP contribution in [0.1, 0.15) is 0 Å². The molecule has 0 aliphatic heterocycles. The molecule has 0 aliphatic carbocycles. The lowest BCUT2D eigenvalue weighted by Gasteiger charge is -2.08. The average molecular weight is 335 g/mol. The van der Waals surface area contributed by atoms with Crippen LogP contribution in [0, 0.1) is 20.2 Å². The van der Waals surface area contributed by atoms with Gasteiger partial charge in [-0.1, -0.05) is 42.5 Å². The molecule has 3 aromatic carbocycles. The molecule has 0 saturated carbocycles. The zero-order valence-electron chi connectivity index (χ0n) is 13.0. The zero-order chi connectivity index (χ0) is 17.8. The number of hydrogen-bond acceptors (Lipinski definition) is 5. The maximum atomic E-state index is 11.0. The molecule has 0 saturated heterocycles.